The number of methoxy groups -OCH3 is 1. The summed E-state index contributed by atoms with van der Waals surface area (Å²) in [5.41, 5.74) is 2.07. The van der Waals surface area contributed by atoms with Gasteiger partial charge >= 0.3 is 5.97 Å². The first-order chi connectivity index (χ1) is 25.6. The van der Waals surface area contributed by atoms with Crippen molar-refractivity contribution in [2.24, 2.45) is 11.8 Å². The monoisotopic (exact) mass is 729 g/mol. The van der Waals surface area contributed by atoms with Gasteiger partial charge < -0.3 is 34.4 Å². The van der Waals surface area contributed by atoms with Crippen LogP contribution in [0.2, 0.25) is 0 Å². The predicted octanol–water partition coefficient (Wildman–Crippen LogP) is 5.13. The lowest BCUT2D eigenvalue weighted by molar-refractivity contribution is -0.163. The van der Waals surface area contributed by atoms with Crippen LogP contribution in [0.5, 0.6) is 0 Å². The fraction of sp³-hybridized carbons (Fsp3) is 0.524. The highest BCUT2D eigenvalue weighted by Crippen LogP contribution is 2.59. The van der Waals surface area contributed by atoms with Crippen LogP contribution in [-0.4, -0.2) is 90.9 Å². The van der Waals surface area contributed by atoms with Gasteiger partial charge in [0.1, 0.15) is 17.7 Å². The van der Waals surface area contributed by atoms with Gasteiger partial charge in [-0.1, -0.05) is 67.5 Å². The number of ether oxygens (including phenoxy) is 3. The summed E-state index contributed by atoms with van der Waals surface area (Å²) in [4.78, 5) is 60.5. The summed E-state index contributed by atoms with van der Waals surface area (Å²) in [5.74, 6) is -3.30. The molecule has 3 heterocycles. The van der Waals surface area contributed by atoms with Gasteiger partial charge in [0.25, 0.3) is 5.91 Å². The van der Waals surface area contributed by atoms with Crippen molar-refractivity contribution in [2.45, 2.75) is 95.1 Å². The molecule has 7 atom stereocenters. The van der Waals surface area contributed by atoms with E-state index < -0.39 is 47.7 Å². The Hall–Kier alpha value is -4.32. The SMILES string of the molecule is C=CCCC(=O)N[C@H](COC)[C@H](OC(=O)[C@@H]1[C@@H]2CC[C@]3(O2)[C@H](C(=O)N(CC=C)c2cc(C)ccc2C)N(CCCCCCO)C(=O)[C@@H]13)c1ccccc1. The first-order valence-corrected chi connectivity index (χ1v) is 18.8. The van der Waals surface area contributed by atoms with E-state index in [-0.39, 0.29) is 43.9 Å². The Morgan fingerprint density at radius 3 is 2.55 bits per heavy atom. The first-order valence-electron chi connectivity index (χ1n) is 18.8. The van der Waals surface area contributed by atoms with Crippen LogP contribution in [0.1, 0.15) is 74.2 Å². The number of anilines is 1. The normalized spacial score (nSPS) is 24.0. The fourth-order valence-electron chi connectivity index (χ4n) is 8.41. The quantitative estimate of drug-likeness (QED) is 0.109. The van der Waals surface area contributed by atoms with Gasteiger partial charge in [0.2, 0.25) is 11.8 Å². The number of hydrogen-bond donors (Lipinski definition) is 2. The molecule has 1 spiro atoms. The highest BCUT2D eigenvalue weighted by molar-refractivity contribution is 6.05. The van der Waals surface area contributed by atoms with Gasteiger partial charge in [0.15, 0.2) is 0 Å². The molecule has 0 aromatic heterocycles. The van der Waals surface area contributed by atoms with E-state index in [4.69, 9.17) is 14.2 Å². The van der Waals surface area contributed by atoms with Crippen molar-refractivity contribution in [1.82, 2.24) is 10.2 Å². The maximum Gasteiger partial charge on any atom is 0.313 e. The molecule has 0 unspecified atom stereocenters. The fourth-order valence-corrected chi connectivity index (χ4v) is 8.41. The van der Waals surface area contributed by atoms with E-state index in [1.165, 1.54) is 7.11 Å². The molecule has 53 heavy (non-hydrogen) atoms. The van der Waals surface area contributed by atoms with Crippen molar-refractivity contribution in [1.29, 1.82) is 0 Å². The summed E-state index contributed by atoms with van der Waals surface area (Å²) in [7, 11) is 1.51. The minimum atomic E-state index is -1.22. The summed E-state index contributed by atoms with van der Waals surface area (Å²) >= 11 is 0. The number of carbonyl (C=O) groups excluding carboxylic acids is 4. The maximum atomic E-state index is 15.0. The number of nitrogens with zero attached hydrogens (tertiary/aromatic N) is 2. The molecule has 2 aromatic carbocycles. The van der Waals surface area contributed by atoms with Gasteiger partial charge in [0.05, 0.1) is 30.6 Å². The largest absolute Gasteiger partial charge is 0.455 e. The zero-order chi connectivity index (χ0) is 38.1. The van der Waals surface area contributed by atoms with Crippen molar-refractivity contribution in [2.75, 3.05) is 38.3 Å². The lowest BCUT2D eigenvalue weighted by atomic mass is 9.70. The second-order valence-corrected chi connectivity index (χ2v) is 14.5. The molecule has 286 valence electrons. The minimum absolute atomic E-state index is 0.0711. The summed E-state index contributed by atoms with van der Waals surface area (Å²) in [6.07, 6.45) is 6.27. The number of unbranched alkanes of at least 4 members (excludes halogenated alkanes) is 3. The number of hydrogen-bond acceptors (Lipinski definition) is 8. The predicted molar refractivity (Wildman–Crippen MR) is 202 cm³/mol. The van der Waals surface area contributed by atoms with E-state index in [0.29, 0.717) is 44.2 Å². The molecule has 3 fully saturated rings. The van der Waals surface area contributed by atoms with Crippen molar-refractivity contribution >= 4 is 29.4 Å². The number of aliphatic hydroxyl groups is 1. The molecule has 0 radical (unpaired) electrons. The Morgan fingerprint density at radius 2 is 1.85 bits per heavy atom. The Morgan fingerprint density at radius 1 is 1.09 bits per heavy atom. The third-order valence-electron chi connectivity index (χ3n) is 10.9. The average Bonchev–Trinajstić information content (AvgIpc) is 3.80. The average molecular weight is 730 g/mol. The van der Waals surface area contributed by atoms with E-state index in [0.717, 1.165) is 29.7 Å². The molecule has 2 aromatic rings. The number of amides is 3. The minimum Gasteiger partial charge on any atom is -0.455 e. The van der Waals surface area contributed by atoms with Crippen molar-refractivity contribution in [3.05, 3.63) is 90.5 Å². The molecule has 2 bridgehead atoms. The zero-order valence-electron chi connectivity index (χ0n) is 31.3. The van der Waals surface area contributed by atoms with Gasteiger partial charge in [-0.3, -0.25) is 19.2 Å². The molecule has 0 aliphatic carbocycles. The smallest absolute Gasteiger partial charge is 0.313 e. The standard InChI is InChI=1S/C42H55N3O8/c1-6-8-18-34(47)43-31(27-51-5)37(30-16-12-11-13-17-30)52-41(50)35-33-21-22-42(53-33)36(35)39(48)45(24-14-9-10-15-25-46)38(42)40(49)44(23-7-2)32-26-28(3)19-20-29(32)4/h6-7,11-13,16-17,19-20,26,31,33,35-38,46H,1-2,8-10,14-15,18,21-25,27H2,3-5H3,(H,43,47)/t31-,33+,35-,36-,37-,38+,42-/m1/s1. The third-order valence-corrected chi connectivity index (χ3v) is 10.9. The van der Waals surface area contributed by atoms with Crippen molar-refractivity contribution in [3.63, 3.8) is 0 Å². The molecular weight excluding hydrogens is 674 g/mol. The van der Waals surface area contributed by atoms with Crippen molar-refractivity contribution in [3.8, 4) is 0 Å². The van der Waals surface area contributed by atoms with Gasteiger partial charge in [-0.05, 0) is 68.7 Å². The third kappa shape index (κ3) is 8.42. The Bertz CT molecular complexity index is 1630. The summed E-state index contributed by atoms with van der Waals surface area (Å²) < 4.78 is 18.6. The van der Waals surface area contributed by atoms with Gasteiger partial charge in [-0.15, -0.1) is 13.2 Å². The van der Waals surface area contributed by atoms with Crippen molar-refractivity contribution < 1.29 is 38.5 Å². The van der Waals surface area contributed by atoms with E-state index in [1.54, 1.807) is 22.0 Å². The molecule has 11 heteroatoms. The zero-order valence-corrected chi connectivity index (χ0v) is 31.3. The van der Waals surface area contributed by atoms with Crippen LogP contribution >= 0.6 is 0 Å². The Kier molecular flexibility index (Phi) is 13.6. The number of fused-ring (bicyclic) bond motifs is 1. The van der Waals surface area contributed by atoms with Crippen LogP contribution in [0.4, 0.5) is 5.69 Å². The van der Waals surface area contributed by atoms with E-state index in [1.807, 2.05) is 62.4 Å². The van der Waals surface area contributed by atoms with Crippen LogP contribution < -0.4 is 10.2 Å². The topological polar surface area (TPSA) is 135 Å². The molecule has 3 aliphatic rings. The first kappa shape index (κ1) is 39.9. The van der Waals surface area contributed by atoms with Gasteiger partial charge in [-0.25, -0.2) is 0 Å². The summed E-state index contributed by atoms with van der Waals surface area (Å²) in [5, 5.41) is 12.3. The molecule has 3 amide bonds. The number of aliphatic hydroxyl groups excluding tert-OH is 1. The summed E-state index contributed by atoms with van der Waals surface area (Å²) in [6.45, 7) is 12.2. The lowest BCUT2D eigenvalue weighted by Crippen LogP contribution is -2.56. The second kappa shape index (κ2) is 18.1. The molecular formula is C42H55N3O8. The van der Waals surface area contributed by atoms with Crippen LogP contribution in [-0.2, 0) is 33.4 Å². The van der Waals surface area contributed by atoms with Crippen LogP contribution in [0.15, 0.2) is 73.8 Å². The number of likely N-dealkylation sites (tertiary alicyclic amines) is 1. The lowest BCUT2D eigenvalue weighted by Gasteiger charge is -2.37. The summed E-state index contributed by atoms with van der Waals surface area (Å²) in [6, 6.07) is 13.4. The van der Waals surface area contributed by atoms with E-state index in [2.05, 4.69) is 18.5 Å². The molecule has 2 N–H and O–H groups in total. The Balaban J connectivity index is 1.50. The van der Waals surface area contributed by atoms with Gasteiger partial charge in [0, 0.05) is 38.9 Å². The van der Waals surface area contributed by atoms with E-state index >= 15 is 0 Å². The number of esters is 1. The molecule has 0 saturated carbocycles. The number of carbonyl (C=O) groups is 4. The molecule has 11 nitrogen and oxygen atoms in total. The number of rotatable bonds is 20. The second-order valence-electron chi connectivity index (χ2n) is 14.5. The maximum absolute atomic E-state index is 15.0. The van der Waals surface area contributed by atoms with E-state index in [9.17, 15) is 24.3 Å². The van der Waals surface area contributed by atoms with Crippen LogP contribution in [0, 0.1) is 25.7 Å². The molecule has 3 aliphatic heterocycles. The Labute approximate surface area is 313 Å². The highest BCUT2D eigenvalue weighted by Gasteiger charge is 2.75. The number of allylic oxidation sites excluding steroid dienone is 1. The van der Waals surface area contributed by atoms with Crippen LogP contribution in [0.3, 0.4) is 0 Å². The highest BCUT2D eigenvalue weighted by atomic mass is 16.6. The molecule has 5 rings (SSSR count). The number of benzene rings is 2. The number of nitrogens with one attached hydrogen (secondary N) is 1. The van der Waals surface area contributed by atoms with Gasteiger partial charge in [-0.2, -0.15) is 0 Å². The van der Waals surface area contributed by atoms with Crippen LogP contribution in [0.25, 0.3) is 0 Å². The number of aryl methyl sites for hydroxylation is 2. The molecule has 3 saturated heterocycles.